The van der Waals surface area contributed by atoms with Gasteiger partial charge >= 0.3 is 0 Å². The minimum Gasteiger partial charge on any atom is -0.396 e. The zero-order chi connectivity index (χ0) is 14.3. The Balaban J connectivity index is 1.68. The Labute approximate surface area is 127 Å². The van der Waals surface area contributed by atoms with E-state index < -0.39 is 0 Å². The predicted octanol–water partition coefficient (Wildman–Crippen LogP) is 3.33. The van der Waals surface area contributed by atoms with E-state index in [1.54, 1.807) is 12.1 Å². The molecule has 1 saturated carbocycles. The minimum absolute atomic E-state index is 0.0313. The summed E-state index contributed by atoms with van der Waals surface area (Å²) in [5.41, 5.74) is 6.75. The van der Waals surface area contributed by atoms with E-state index in [4.69, 9.17) is 33.7 Å². The molecule has 6 heteroatoms. The molecule has 3 N–H and O–H groups in total. The van der Waals surface area contributed by atoms with Gasteiger partial charge in [-0.1, -0.05) is 23.2 Å². The summed E-state index contributed by atoms with van der Waals surface area (Å²) >= 11 is 11.9. The minimum atomic E-state index is 0.0313. The van der Waals surface area contributed by atoms with Crippen molar-refractivity contribution in [3.05, 3.63) is 22.2 Å². The van der Waals surface area contributed by atoms with Crippen LogP contribution in [0, 0.1) is 11.3 Å². The fourth-order valence-corrected chi connectivity index (χ4v) is 3.42. The van der Waals surface area contributed by atoms with Crippen LogP contribution in [0.4, 0.5) is 11.4 Å². The molecule has 1 aliphatic carbocycles. The quantitative estimate of drug-likeness (QED) is 0.823. The standard InChI is InChI=1S/C14H16Cl2N2O2/c15-10-5-8(6-11(16)12(10)17)18-13(19)9-7-14(9)1-3-20-4-2-14/h5-6,9H,1-4,7,17H2,(H,18,19)/t9-/m1/s1. The molecule has 108 valence electrons. The van der Waals surface area contributed by atoms with Gasteiger partial charge in [0.1, 0.15) is 0 Å². The van der Waals surface area contributed by atoms with Crippen molar-refractivity contribution in [3.8, 4) is 0 Å². The second kappa shape index (κ2) is 5.10. The van der Waals surface area contributed by atoms with Crippen molar-refractivity contribution in [3.63, 3.8) is 0 Å². The molecule has 0 radical (unpaired) electrons. The third kappa shape index (κ3) is 2.48. The van der Waals surface area contributed by atoms with Crippen molar-refractivity contribution < 1.29 is 9.53 Å². The van der Waals surface area contributed by atoms with Crippen LogP contribution >= 0.6 is 23.2 Å². The first-order chi connectivity index (χ1) is 9.52. The van der Waals surface area contributed by atoms with Crippen molar-refractivity contribution in [2.24, 2.45) is 11.3 Å². The normalized spacial score (nSPS) is 23.6. The number of halogens is 2. The van der Waals surface area contributed by atoms with E-state index in [1.807, 2.05) is 0 Å². The number of benzene rings is 1. The highest BCUT2D eigenvalue weighted by Crippen LogP contribution is 2.59. The lowest BCUT2D eigenvalue weighted by molar-refractivity contribution is -0.118. The summed E-state index contributed by atoms with van der Waals surface area (Å²) in [7, 11) is 0. The van der Waals surface area contributed by atoms with Crippen LogP contribution in [0.25, 0.3) is 0 Å². The average molecular weight is 315 g/mol. The van der Waals surface area contributed by atoms with E-state index in [0.717, 1.165) is 32.5 Å². The van der Waals surface area contributed by atoms with Crippen LogP contribution in [0.1, 0.15) is 19.3 Å². The number of rotatable bonds is 2. The average Bonchev–Trinajstić information content (AvgIpc) is 3.10. The summed E-state index contributed by atoms with van der Waals surface area (Å²) in [6, 6.07) is 3.25. The van der Waals surface area contributed by atoms with E-state index in [2.05, 4.69) is 5.32 Å². The number of nitrogens with two attached hydrogens (primary N) is 1. The van der Waals surface area contributed by atoms with Gasteiger partial charge in [-0.05, 0) is 36.8 Å². The second-order valence-electron chi connectivity index (χ2n) is 5.57. The van der Waals surface area contributed by atoms with Crippen LogP contribution in [0.15, 0.2) is 12.1 Å². The van der Waals surface area contributed by atoms with Gasteiger partial charge in [0.15, 0.2) is 0 Å². The lowest BCUT2D eigenvalue weighted by atomic mass is 9.93. The third-order valence-corrected chi connectivity index (χ3v) is 4.97. The van der Waals surface area contributed by atoms with Crippen LogP contribution in [0.2, 0.25) is 10.0 Å². The molecule has 2 aliphatic rings. The third-order valence-electron chi connectivity index (χ3n) is 4.34. The molecule has 3 rings (SSSR count). The highest BCUT2D eigenvalue weighted by atomic mass is 35.5. The van der Waals surface area contributed by atoms with Gasteiger partial charge in [-0.3, -0.25) is 4.79 Å². The van der Waals surface area contributed by atoms with Crippen molar-refractivity contribution in [1.82, 2.24) is 0 Å². The number of nitrogen functional groups attached to an aromatic ring is 1. The van der Waals surface area contributed by atoms with E-state index in [1.165, 1.54) is 0 Å². The van der Waals surface area contributed by atoms with Crippen LogP contribution in [0.5, 0.6) is 0 Å². The maximum absolute atomic E-state index is 12.3. The number of carbonyl (C=O) groups is 1. The summed E-state index contributed by atoms with van der Waals surface area (Å²) in [5.74, 6) is 0.102. The van der Waals surface area contributed by atoms with E-state index in [0.29, 0.717) is 21.4 Å². The molecule has 0 bridgehead atoms. The molecule has 1 aliphatic heterocycles. The van der Waals surface area contributed by atoms with Gasteiger partial charge in [0.25, 0.3) is 0 Å². The lowest BCUT2D eigenvalue weighted by Crippen LogP contribution is -2.24. The zero-order valence-electron chi connectivity index (χ0n) is 10.9. The fourth-order valence-electron chi connectivity index (χ4n) is 2.93. The Bertz CT molecular complexity index is 533. The lowest BCUT2D eigenvalue weighted by Gasteiger charge is -2.22. The topological polar surface area (TPSA) is 64.3 Å². The Kier molecular flexibility index (Phi) is 3.56. The molecular weight excluding hydrogens is 299 g/mol. The van der Waals surface area contributed by atoms with E-state index in [-0.39, 0.29) is 17.2 Å². The number of hydrogen-bond donors (Lipinski definition) is 2. The molecule has 0 unspecified atom stereocenters. The molecule has 1 heterocycles. The van der Waals surface area contributed by atoms with Gasteiger partial charge in [0, 0.05) is 24.8 Å². The smallest absolute Gasteiger partial charge is 0.228 e. The van der Waals surface area contributed by atoms with Gasteiger partial charge in [0.2, 0.25) is 5.91 Å². The molecule has 0 aromatic heterocycles. The van der Waals surface area contributed by atoms with Crippen molar-refractivity contribution in [1.29, 1.82) is 0 Å². The van der Waals surface area contributed by atoms with Crippen LogP contribution in [-0.2, 0) is 9.53 Å². The Morgan fingerprint density at radius 2 is 1.90 bits per heavy atom. The predicted molar refractivity (Wildman–Crippen MR) is 80.1 cm³/mol. The first-order valence-electron chi connectivity index (χ1n) is 6.65. The maximum atomic E-state index is 12.3. The monoisotopic (exact) mass is 314 g/mol. The van der Waals surface area contributed by atoms with Gasteiger partial charge in [0.05, 0.1) is 15.7 Å². The van der Waals surface area contributed by atoms with Gasteiger partial charge < -0.3 is 15.8 Å². The summed E-state index contributed by atoms with van der Waals surface area (Å²) < 4.78 is 5.36. The van der Waals surface area contributed by atoms with Crippen LogP contribution in [0.3, 0.4) is 0 Å². The largest absolute Gasteiger partial charge is 0.396 e. The number of anilines is 2. The number of ether oxygens (including phenoxy) is 1. The van der Waals surface area contributed by atoms with Crippen molar-refractivity contribution >= 4 is 40.5 Å². The Morgan fingerprint density at radius 1 is 1.30 bits per heavy atom. The number of hydrogen-bond acceptors (Lipinski definition) is 3. The second-order valence-corrected chi connectivity index (χ2v) is 6.39. The van der Waals surface area contributed by atoms with Crippen LogP contribution < -0.4 is 11.1 Å². The van der Waals surface area contributed by atoms with Crippen LogP contribution in [-0.4, -0.2) is 19.1 Å². The molecule has 1 amide bonds. The summed E-state index contributed by atoms with van der Waals surface area (Å²) in [6.07, 6.45) is 2.88. The molecule has 1 spiro atoms. The summed E-state index contributed by atoms with van der Waals surface area (Å²) in [5, 5.41) is 3.58. The van der Waals surface area contributed by atoms with Gasteiger partial charge in [-0.2, -0.15) is 0 Å². The molecule has 20 heavy (non-hydrogen) atoms. The van der Waals surface area contributed by atoms with E-state index >= 15 is 0 Å². The fraction of sp³-hybridized carbons (Fsp3) is 0.500. The number of nitrogens with one attached hydrogen (secondary N) is 1. The van der Waals surface area contributed by atoms with Crippen molar-refractivity contribution in [2.75, 3.05) is 24.3 Å². The maximum Gasteiger partial charge on any atom is 0.228 e. The van der Waals surface area contributed by atoms with E-state index in [9.17, 15) is 4.79 Å². The molecular formula is C14H16Cl2N2O2. The molecule has 4 nitrogen and oxygen atoms in total. The molecule has 1 saturated heterocycles. The Morgan fingerprint density at radius 3 is 2.50 bits per heavy atom. The first kappa shape index (κ1) is 14.0. The SMILES string of the molecule is Nc1c(Cl)cc(NC(=O)[C@H]2CC23CCOCC3)cc1Cl. The van der Waals surface area contributed by atoms with Gasteiger partial charge in [-0.15, -0.1) is 0 Å². The summed E-state index contributed by atoms with van der Waals surface area (Å²) in [4.78, 5) is 12.3. The molecule has 1 aromatic rings. The number of amides is 1. The molecule has 1 atom stereocenters. The van der Waals surface area contributed by atoms with Crippen molar-refractivity contribution in [2.45, 2.75) is 19.3 Å². The summed E-state index contributed by atoms with van der Waals surface area (Å²) in [6.45, 7) is 1.51. The number of carbonyl (C=O) groups excluding carboxylic acids is 1. The highest BCUT2D eigenvalue weighted by Gasteiger charge is 2.57. The van der Waals surface area contributed by atoms with Gasteiger partial charge in [-0.25, -0.2) is 0 Å². The molecule has 2 fully saturated rings. The Hall–Kier alpha value is -0.970. The first-order valence-corrected chi connectivity index (χ1v) is 7.41. The highest BCUT2D eigenvalue weighted by molar-refractivity contribution is 6.39. The zero-order valence-corrected chi connectivity index (χ0v) is 12.4. The molecule has 1 aromatic carbocycles.